The van der Waals surface area contributed by atoms with Gasteiger partial charge in [0.25, 0.3) is 0 Å². The number of methoxy groups -OCH3 is 1. The fourth-order valence-corrected chi connectivity index (χ4v) is 1.58. The van der Waals surface area contributed by atoms with Crippen molar-refractivity contribution in [2.24, 2.45) is 5.41 Å². The predicted octanol–water partition coefficient (Wildman–Crippen LogP) is 1.04. The van der Waals surface area contributed by atoms with Crippen LogP contribution in [0.2, 0.25) is 0 Å². The van der Waals surface area contributed by atoms with Gasteiger partial charge in [-0.2, -0.15) is 0 Å². The van der Waals surface area contributed by atoms with Gasteiger partial charge in [0.15, 0.2) is 11.6 Å². The van der Waals surface area contributed by atoms with Gasteiger partial charge < -0.3 is 4.74 Å². The van der Waals surface area contributed by atoms with Crippen LogP contribution in [-0.4, -0.2) is 24.6 Å². The van der Waals surface area contributed by atoms with E-state index in [1.54, 1.807) is 6.92 Å². The highest BCUT2D eigenvalue weighted by Gasteiger charge is 2.41. The van der Waals surface area contributed by atoms with Gasteiger partial charge in [-0.05, 0) is 31.9 Å². The first kappa shape index (κ1) is 11.6. The van der Waals surface area contributed by atoms with Gasteiger partial charge in [0, 0.05) is 6.42 Å². The molecule has 0 fully saturated rings. The van der Waals surface area contributed by atoms with Crippen molar-refractivity contribution in [2.45, 2.75) is 26.2 Å². The molecule has 4 nitrogen and oxygen atoms in total. The lowest BCUT2D eigenvalue weighted by atomic mass is 9.81. The summed E-state index contributed by atoms with van der Waals surface area (Å²) in [6, 6.07) is 0. The number of hydrogen-bond acceptors (Lipinski definition) is 4. The summed E-state index contributed by atoms with van der Waals surface area (Å²) in [5.41, 5.74) is -0.950. The average Bonchev–Trinajstić information content (AvgIpc) is 2.46. The van der Waals surface area contributed by atoms with Crippen molar-refractivity contribution in [2.75, 3.05) is 7.11 Å². The zero-order chi connectivity index (χ0) is 11.5. The molecule has 0 aromatic rings. The Bertz CT molecular complexity index is 309. The van der Waals surface area contributed by atoms with E-state index in [-0.39, 0.29) is 24.0 Å². The van der Waals surface area contributed by atoms with Crippen molar-refractivity contribution in [1.82, 2.24) is 0 Å². The second-order valence-electron chi connectivity index (χ2n) is 3.82. The highest BCUT2D eigenvalue weighted by molar-refractivity contribution is 6.21. The smallest absolute Gasteiger partial charge is 0.305 e. The van der Waals surface area contributed by atoms with Crippen LogP contribution in [0.5, 0.6) is 0 Å². The van der Waals surface area contributed by atoms with E-state index < -0.39 is 5.41 Å². The summed E-state index contributed by atoms with van der Waals surface area (Å²) in [6.45, 7) is 1.62. The lowest BCUT2D eigenvalue weighted by molar-refractivity contribution is -0.141. The molecule has 0 N–H and O–H groups in total. The van der Waals surface area contributed by atoms with E-state index in [0.717, 1.165) is 0 Å². The lowest BCUT2D eigenvalue weighted by Gasteiger charge is -2.19. The van der Waals surface area contributed by atoms with E-state index in [0.29, 0.717) is 12.8 Å². The number of carbonyl (C=O) groups excluding carboxylic acids is 3. The highest BCUT2D eigenvalue weighted by Crippen LogP contribution is 2.31. The molecule has 15 heavy (non-hydrogen) atoms. The van der Waals surface area contributed by atoms with Crippen molar-refractivity contribution in [1.29, 1.82) is 0 Å². The number of carbonyl (C=O) groups is 3. The summed E-state index contributed by atoms with van der Waals surface area (Å²) < 4.78 is 4.48. The van der Waals surface area contributed by atoms with Crippen LogP contribution in [0, 0.1) is 5.41 Å². The van der Waals surface area contributed by atoms with Crippen LogP contribution < -0.4 is 0 Å². The summed E-state index contributed by atoms with van der Waals surface area (Å²) in [6.07, 6.45) is 3.74. The molecule has 82 valence electrons. The molecule has 0 heterocycles. The molecule has 0 saturated carbocycles. The van der Waals surface area contributed by atoms with E-state index >= 15 is 0 Å². The number of allylic oxidation sites excluding steroid dienone is 2. The molecule has 0 amide bonds. The predicted molar refractivity (Wildman–Crippen MR) is 53.1 cm³/mol. The Labute approximate surface area is 88.3 Å². The van der Waals surface area contributed by atoms with Gasteiger partial charge in [-0.1, -0.05) is 0 Å². The van der Waals surface area contributed by atoms with Crippen LogP contribution in [0.3, 0.4) is 0 Å². The first-order chi connectivity index (χ1) is 7.00. The highest BCUT2D eigenvalue weighted by atomic mass is 16.5. The van der Waals surface area contributed by atoms with Crippen molar-refractivity contribution in [3.8, 4) is 0 Å². The molecule has 0 aromatic heterocycles. The fourth-order valence-electron chi connectivity index (χ4n) is 1.58. The van der Waals surface area contributed by atoms with E-state index in [2.05, 4.69) is 4.74 Å². The maximum absolute atomic E-state index is 11.4. The van der Waals surface area contributed by atoms with Gasteiger partial charge >= 0.3 is 5.97 Å². The number of ketones is 2. The fraction of sp³-hybridized carbons (Fsp3) is 0.545. The van der Waals surface area contributed by atoms with Crippen LogP contribution in [0.1, 0.15) is 26.2 Å². The Kier molecular flexibility index (Phi) is 3.39. The van der Waals surface area contributed by atoms with Crippen LogP contribution in [0.25, 0.3) is 0 Å². The summed E-state index contributed by atoms with van der Waals surface area (Å²) in [5, 5.41) is 0. The van der Waals surface area contributed by atoms with Gasteiger partial charge in [0.1, 0.15) is 0 Å². The third kappa shape index (κ3) is 2.32. The average molecular weight is 210 g/mol. The monoisotopic (exact) mass is 210 g/mol. The molecule has 0 unspecified atom stereocenters. The second kappa shape index (κ2) is 4.38. The molecule has 1 aliphatic carbocycles. The first-order valence-electron chi connectivity index (χ1n) is 4.84. The normalized spacial score (nSPS) is 18.3. The van der Waals surface area contributed by atoms with Gasteiger partial charge in [0.05, 0.1) is 12.5 Å². The second-order valence-corrected chi connectivity index (χ2v) is 3.82. The lowest BCUT2D eigenvalue weighted by Crippen LogP contribution is -2.30. The minimum Gasteiger partial charge on any atom is -0.469 e. The molecule has 0 aliphatic heterocycles. The quantitative estimate of drug-likeness (QED) is 0.514. The van der Waals surface area contributed by atoms with Crippen LogP contribution in [0.15, 0.2) is 12.2 Å². The molecule has 0 atom stereocenters. The molecule has 0 bridgehead atoms. The Morgan fingerprint density at radius 3 is 2.33 bits per heavy atom. The molecule has 0 saturated heterocycles. The van der Waals surface area contributed by atoms with Crippen LogP contribution in [-0.2, 0) is 19.1 Å². The summed E-state index contributed by atoms with van der Waals surface area (Å²) >= 11 is 0. The molecular formula is C11H14O4. The zero-order valence-electron chi connectivity index (χ0n) is 8.91. The minimum atomic E-state index is -0.950. The summed E-state index contributed by atoms with van der Waals surface area (Å²) in [7, 11) is 1.32. The van der Waals surface area contributed by atoms with Crippen LogP contribution >= 0.6 is 0 Å². The first-order valence-corrected chi connectivity index (χ1v) is 4.84. The molecule has 1 rings (SSSR count). The van der Waals surface area contributed by atoms with E-state index in [4.69, 9.17) is 0 Å². The molecule has 4 heteroatoms. The zero-order valence-corrected chi connectivity index (χ0v) is 8.91. The van der Waals surface area contributed by atoms with E-state index in [1.165, 1.54) is 19.3 Å². The topological polar surface area (TPSA) is 60.4 Å². The Hall–Kier alpha value is -1.45. The maximum Gasteiger partial charge on any atom is 0.305 e. The number of esters is 1. The SMILES string of the molecule is COC(=O)CCCC1(C)C(=O)C=CC1=O. The third-order valence-corrected chi connectivity index (χ3v) is 2.76. The third-order valence-electron chi connectivity index (χ3n) is 2.76. The van der Waals surface area contributed by atoms with Crippen molar-refractivity contribution in [3.05, 3.63) is 12.2 Å². The van der Waals surface area contributed by atoms with Gasteiger partial charge in [-0.3, -0.25) is 14.4 Å². The van der Waals surface area contributed by atoms with Crippen molar-refractivity contribution >= 4 is 17.5 Å². The minimum absolute atomic E-state index is 0.169. The van der Waals surface area contributed by atoms with Crippen LogP contribution in [0.4, 0.5) is 0 Å². The van der Waals surface area contributed by atoms with Crippen molar-refractivity contribution in [3.63, 3.8) is 0 Å². The molecule has 0 radical (unpaired) electrons. The maximum atomic E-state index is 11.4. The Balaban J connectivity index is 2.48. The summed E-state index contributed by atoms with van der Waals surface area (Å²) in [5.74, 6) is -0.654. The largest absolute Gasteiger partial charge is 0.469 e. The van der Waals surface area contributed by atoms with Crippen molar-refractivity contribution < 1.29 is 19.1 Å². The Morgan fingerprint density at radius 1 is 1.33 bits per heavy atom. The van der Waals surface area contributed by atoms with Gasteiger partial charge in [0.2, 0.25) is 0 Å². The summed E-state index contributed by atoms with van der Waals surface area (Å²) in [4.78, 5) is 33.7. The molecule has 1 aliphatic rings. The standard InChI is InChI=1S/C11H14O4/c1-11(7-3-4-10(14)15-2)8(12)5-6-9(11)13/h5-6H,3-4,7H2,1-2H3. The van der Waals surface area contributed by atoms with Gasteiger partial charge in [-0.25, -0.2) is 0 Å². The number of hydrogen-bond donors (Lipinski definition) is 0. The molecular weight excluding hydrogens is 196 g/mol. The molecule has 0 aromatic carbocycles. The van der Waals surface area contributed by atoms with E-state index in [9.17, 15) is 14.4 Å². The van der Waals surface area contributed by atoms with Gasteiger partial charge in [-0.15, -0.1) is 0 Å². The number of rotatable bonds is 4. The molecule has 0 spiro atoms. The Morgan fingerprint density at radius 2 is 1.87 bits per heavy atom. The number of ether oxygens (including phenoxy) is 1. The van der Waals surface area contributed by atoms with E-state index in [1.807, 2.05) is 0 Å².